The van der Waals surface area contributed by atoms with Crippen LogP contribution < -0.4 is 10.0 Å². The molecule has 1 aromatic rings. The van der Waals surface area contributed by atoms with Gasteiger partial charge in [-0.05, 0) is 38.6 Å². The molecular formula is C11H19N3O2S. The molecule has 0 aliphatic rings. The number of pyridine rings is 1. The Kier molecular flexibility index (Phi) is 5.54. The summed E-state index contributed by atoms with van der Waals surface area (Å²) < 4.78 is 25.7. The first-order chi connectivity index (χ1) is 8.03. The number of hydrogen-bond donors (Lipinski definition) is 2. The summed E-state index contributed by atoms with van der Waals surface area (Å²) in [6.07, 6.45) is 2.30. The van der Waals surface area contributed by atoms with Crippen molar-refractivity contribution in [2.75, 3.05) is 19.3 Å². The van der Waals surface area contributed by atoms with Gasteiger partial charge in [-0.15, -0.1) is 0 Å². The van der Waals surface area contributed by atoms with E-state index in [1.807, 2.05) is 19.1 Å². The van der Waals surface area contributed by atoms with E-state index < -0.39 is 10.0 Å². The molecule has 0 aromatic carbocycles. The molecule has 0 saturated carbocycles. The van der Waals surface area contributed by atoms with E-state index in [1.54, 1.807) is 13.2 Å². The number of nitrogens with zero attached hydrogens (tertiary/aromatic N) is 1. The molecule has 2 N–H and O–H groups in total. The van der Waals surface area contributed by atoms with Crippen LogP contribution in [0.15, 0.2) is 18.3 Å². The largest absolute Gasteiger partial charge is 0.320 e. The molecule has 0 unspecified atom stereocenters. The highest BCUT2D eigenvalue weighted by molar-refractivity contribution is 7.89. The molecule has 0 spiro atoms. The third-order valence-corrected chi connectivity index (χ3v) is 3.72. The molecule has 6 heteroatoms. The molecule has 0 radical (unpaired) electrons. The van der Waals surface area contributed by atoms with E-state index in [1.165, 1.54) is 0 Å². The van der Waals surface area contributed by atoms with Crippen LogP contribution >= 0.6 is 0 Å². The van der Waals surface area contributed by atoms with Crippen molar-refractivity contribution >= 4 is 10.0 Å². The summed E-state index contributed by atoms with van der Waals surface area (Å²) in [5.74, 6) is 0.146. The molecule has 0 amide bonds. The number of aromatic nitrogens is 1. The van der Waals surface area contributed by atoms with Gasteiger partial charge in [0.2, 0.25) is 10.0 Å². The van der Waals surface area contributed by atoms with Gasteiger partial charge in [-0.2, -0.15) is 0 Å². The summed E-state index contributed by atoms with van der Waals surface area (Å²) in [6.45, 7) is 2.90. The summed E-state index contributed by atoms with van der Waals surface area (Å²) in [5, 5.41) is 2.92. The zero-order chi connectivity index (χ0) is 12.7. The molecule has 96 valence electrons. The van der Waals surface area contributed by atoms with Gasteiger partial charge in [-0.1, -0.05) is 6.07 Å². The van der Waals surface area contributed by atoms with Crippen LogP contribution in [0.25, 0.3) is 0 Å². The first-order valence-corrected chi connectivity index (χ1v) is 7.22. The molecule has 0 saturated heterocycles. The van der Waals surface area contributed by atoms with Crippen molar-refractivity contribution in [3.8, 4) is 0 Å². The Hall–Kier alpha value is -0.980. The quantitative estimate of drug-likeness (QED) is 0.694. The third kappa shape index (κ3) is 5.76. The molecule has 1 rings (SSSR count). The summed E-state index contributed by atoms with van der Waals surface area (Å²) in [5.41, 5.74) is 1.79. The van der Waals surface area contributed by atoms with Crippen molar-refractivity contribution < 1.29 is 8.42 Å². The number of sulfonamides is 1. The van der Waals surface area contributed by atoms with E-state index in [0.717, 1.165) is 11.3 Å². The Bertz CT molecular complexity index is 429. The molecule has 0 atom stereocenters. The van der Waals surface area contributed by atoms with Crippen LogP contribution in [-0.4, -0.2) is 32.7 Å². The van der Waals surface area contributed by atoms with Gasteiger partial charge in [0.05, 0.1) is 5.75 Å². The molecule has 0 bridgehead atoms. The smallest absolute Gasteiger partial charge is 0.211 e. The van der Waals surface area contributed by atoms with Crippen LogP contribution in [0, 0.1) is 6.92 Å². The minimum atomic E-state index is -3.18. The molecule has 0 fully saturated rings. The minimum absolute atomic E-state index is 0.146. The molecule has 1 aromatic heterocycles. The lowest BCUT2D eigenvalue weighted by atomic mass is 10.2. The molecule has 5 nitrogen and oxygen atoms in total. The highest BCUT2D eigenvalue weighted by Crippen LogP contribution is 2.00. The maximum atomic E-state index is 11.6. The summed E-state index contributed by atoms with van der Waals surface area (Å²) in [4.78, 5) is 4.11. The first kappa shape index (κ1) is 14.1. The van der Waals surface area contributed by atoms with Gasteiger partial charge in [0.1, 0.15) is 0 Å². The Balaban J connectivity index is 2.41. The molecule has 0 aliphatic heterocycles. The fraction of sp³-hybridized carbons (Fsp3) is 0.545. The van der Waals surface area contributed by atoms with Crippen LogP contribution in [0.3, 0.4) is 0 Å². The average molecular weight is 257 g/mol. The van der Waals surface area contributed by atoms with Gasteiger partial charge in [-0.25, -0.2) is 13.1 Å². The topological polar surface area (TPSA) is 71.1 Å². The van der Waals surface area contributed by atoms with E-state index in [2.05, 4.69) is 15.0 Å². The average Bonchev–Trinajstić information content (AvgIpc) is 2.29. The third-order valence-electron chi connectivity index (χ3n) is 2.31. The second-order valence-electron chi connectivity index (χ2n) is 3.90. The van der Waals surface area contributed by atoms with Gasteiger partial charge >= 0.3 is 0 Å². The van der Waals surface area contributed by atoms with Crippen molar-refractivity contribution in [1.29, 1.82) is 0 Å². The van der Waals surface area contributed by atoms with E-state index in [-0.39, 0.29) is 5.75 Å². The second-order valence-corrected chi connectivity index (χ2v) is 5.83. The zero-order valence-electron chi connectivity index (χ0n) is 10.2. The SMILES string of the molecule is CNCCCS(=O)(=O)NCc1ccc(C)nc1. The Morgan fingerprint density at radius 1 is 1.35 bits per heavy atom. The van der Waals surface area contributed by atoms with Gasteiger partial charge < -0.3 is 5.32 Å². The van der Waals surface area contributed by atoms with Crippen molar-refractivity contribution in [3.05, 3.63) is 29.6 Å². The normalized spacial score (nSPS) is 11.6. The maximum Gasteiger partial charge on any atom is 0.211 e. The summed E-state index contributed by atoms with van der Waals surface area (Å²) >= 11 is 0. The van der Waals surface area contributed by atoms with E-state index in [0.29, 0.717) is 19.5 Å². The maximum absolute atomic E-state index is 11.6. The minimum Gasteiger partial charge on any atom is -0.320 e. The predicted octanol–water partition coefficient (Wildman–Crippen LogP) is 0.419. The fourth-order valence-electron chi connectivity index (χ4n) is 1.31. The molecule has 0 aliphatic carbocycles. The Morgan fingerprint density at radius 3 is 2.71 bits per heavy atom. The van der Waals surface area contributed by atoms with Gasteiger partial charge in [0.15, 0.2) is 0 Å². The van der Waals surface area contributed by atoms with Gasteiger partial charge in [0.25, 0.3) is 0 Å². The lowest BCUT2D eigenvalue weighted by Gasteiger charge is -2.06. The Labute approximate surface area is 103 Å². The predicted molar refractivity (Wildman–Crippen MR) is 68.1 cm³/mol. The fourth-order valence-corrected chi connectivity index (χ4v) is 2.36. The van der Waals surface area contributed by atoms with E-state index in [9.17, 15) is 8.42 Å². The van der Waals surface area contributed by atoms with E-state index >= 15 is 0 Å². The lowest BCUT2D eigenvalue weighted by molar-refractivity contribution is 0.577. The van der Waals surface area contributed by atoms with Crippen LogP contribution in [0.2, 0.25) is 0 Å². The number of nitrogens with one attached hydrogen (secondary N) is 2. The van der Waals surface area contributed by atoms with Crippen LogP contribution in [0.5, 0.6) is 0 Å². The highest BCUT2D eigenvalue weighted by Gasteiger charge is 2.08. The standard InChI is InChI=1S/C11H19N3O2S/c1-10-4-5-11(8-13-10)9-14-17(15,16)7-3-6-12-2/h4-5,8,12,14H,3,6-7,9H2,1-2H3. The van der Waals surface area contributed by atoms with Crippen LogP contribution in [-0.2, 0) is 16.6 Å². The van der Waals surface area contributed by atoms with Crippen LogP contribution in [0.1, 0.15) is 17.7 Å². The van der Waals surface area contributed by atoms with Crippen LogP contribution in [0.4, 0.5) is 0 Å². The Morgan fingerprint density at radius 2 is 2.12 bits per heavy atom. The van der Waals surface area contributed by atoms with Crippen molar-refractivity contribution in [2.45, 2.75) is 19.9 Å². The second kappa shape index (κ2) is 6.68. The van der Waals surface area contributed by atoms with Crippen molar-refractivity contribution in [1.82, 2.24) is 15.0 Å². The monoisotopic (exact) mass is 257 g/mol. The highest BCUT2D eigenvalue weighted by atomic mass is 32.2. The first-order valence-electron chi connectivity index (χ1n) is 5.57. The number of rotatable bonds is 7. The molecule has 17 heavy (non-hydrogen) atoms. The van der Waals surface area contributed by atoms with Crippen molar-refractivity contribution in [3.63, 3.8) is 0 Å². The van der Waals surface area contributed by atoms with Gasteiger partial charge in [-0.3, -0.25) is 4.98 Å². The molecule has 1 heterocycles. The summed E-state index contributed by atoms with van der Waals surface area (Å²) in [7, 11) is -1.38. The van der Waals surface area contributed by atoms with Crippen molar-refractivity contribution in [2.24, 2.45) is 0 Å². The van der Waals surface area contributed by atoms with Gasteiger partial charge in [0, 0.05) is 18.4 Å². The number of hydrogen-bond acceptors (Lipinski definition) is 4. The lowest BCUT2D eigenvalue weighted by Crippen LogP contribution is -2.27. The van der Waals surface area contributed by atoms with E-state index in [4.69, 9.17) is 0 Å². The zero-order valence-corrected chi connectivity index (χ0v) is 11.0. The number of aryl methyl sites for hydroxylation is 1. The summed E-state index contributed by atoms with van der Waals surface area (Å²) in [6, 6.07) is 3.74. The molecular weight excluding hydrogens is 238 g/mol.